The Morgan fingerprint density at radius 3 is 2.79 bits per heavy atom. The summed E-state index contributed by atoms with van der Waals surface area (Å²) in [6, 6.07) is 7.06. The molecule has 3 heterocycles. The molecule has 0 radical (unpaired) electrons. The molecule has 1 aliphatic rings. The Bertz CT molecular complexity index is 1040. The van der Waals surface area contributed by atoms with Crippen molar-refractivity contribution < 1.29 is 18.5 Å². The van der Waals surface area contributed by atoms with E-state index in [1.54, 1.807) is 6.07 Å². The van der Waals surface area contributed by atoms with Crippen LogP contribution in [0.4, 0.5) is 15.4 Å². The molecule has 1 fully saturated rings. The monoisotopic (exact) mass is 419 g/mol. The molecule has 1 N–H and O–H groups in total. The SMILES string of the molecule is O=C(NCCN1CCN(c2nc3ccc(F)cc3s2)CC1)c1ccc([N+](=O)[O-])o1. The number of hydrogen-bond acceptors (Lipinski definition) is 8. The molecule has 9 nitrogen and oxygen atoms in total. The second-order valence-corrected chi connectivity index (χ2v) is 7.60. The van der Waals surface area contributed by atoms with Gasteiger partial charge in [0.2, 0.25) is 0 Å². The van der Waals surface area contributed by atoms with E-state index in [9.17, 15) is 19.3 Å². The van der Waals surface area contributed by atoms with Crippen LogP contribution in [0.3, 0.4) is 0 Å². The minimum absolute atomic E-state index is 0.0752. The van der Waals surface area contributed by atoms with Crippen molar-refractivity contribution in [1.29, 1.82) is 0 Å². The van der Waals surface area contributed by atoms with Crippen LogP contribution in [0.15, 0.2) is 34.7 Å². The summed E-state index contributed by atoms with van der Waals surface area (Å²) >= 11 is 1.48. The molecular weight excluding hydrogens is 401 g/mol. The molecule has 0 saturated carbocycles. The molecule has 1 amide bonds. The third-order valence-electron chi connectivity index (χ3n) is 4.69. The fraction of sp³-hybridized carbons (Fsp3) is 0.333. The number of rotatable bonds is 6. The zero-order valence-corrected chi connectivity index (χ0v) is 16.2. The van der Waals surface area contributed by atoms with Gasteiger partial charge in [-0.1, -0.05) is 11.3 Å². The van der Waals surface area contributed by atoms with Crippen molar-refractivity contribution in [3.8, 4) is 0 Å². The van der Waals surface area contributed by atoms with Gasteiger partial charge >= 0.3 is 5.88 Å². The van der Waals surface area contributed by atoms with Crippen LogP contribution in [0, 0.1) is 15.9 Å². The van der Waals surface area contributed by atoms with E-state index in [2.05, 4.69) is 20.1 Å². The first-order valence-electron chi connectivity index (χ1n) is 9.05. The molecule has 3 aromatic rings. The lowest BCUT2D eigenvalue weighted by Crippen LogP contribution is -2.48. The van der Waals surface area contributed by atoms with Crippen molar-refractivity contribution in [3.63, 3.8) is 0 Å². The highest BCUT2D eigenvalue weighted by Crippen LogP contribution is 2.29. The minimum atomic E-state index is -0.682. The van der Waals surface area contributed by atoms with Crippen LogP contribution in [-0.2, 0) is 0 Å². The van der Waals surface area contributed by atoms with Crippen LogP contribution in [0.5, 0.6) is 0 Å². The molecule has 1 aromatic carbocycles. The first kappa shape index (κ1) is 19.3. The number of piperazine rings is 1. The average molecular weight is 419 g/mol. The Labute approximate surface area is 168 Å². The summed E-state index contributed by atoms with van der Waals surface area (Å²) in [7, 11) is 0. The number of halogens is 1. The van der Waals surface area contributed by atoms with Crippen molar-refractivity contribution in [1.82, 2.24) is 15.2 Å². The van der Waals surface area contributed by atoms with Crippen LogP contribution >= 0.6 is 11.3 Å². The summed E-state index contributed by atoms with van der Waals surface area (Å²) in [6.07, 6.45) is 0. The Morgan fingerprint density at radius 1 is 1.28 bits per heavy atom. The molecule has 0 spiro atoms. The zero-order chi connectivity index (χ0) is 20.4. The third-order valence-corrected chi connectivity index (χ3v) is 5.77. The van der Waals surface area contributed by atoms with Crippen molar-refractivity contribution in [3.05, 3.63) is 52.0 Å². The van der Waals surface area contributed by atoms with Gasteiger partial charge in [0.15, 0.2) is 10.9 Å². The van der Waals surface area contributed by atoms with E-state index >= 15 is 0 Å². The molecular formula is C18H18FN5O4S. The molecule has 1 saturated heterocycles. The van der Waals surface area contributed by atoms with E-state index in [-0.39, 0.29) is 11.6 Å². The molecule has 0 bridgehead atoms. The average Bonchev–Trinajstić information content (AvgIpc) is 3.35. The fourth-order valence-corrected chi connectivity index (χ4v) is 4.19. The number of carbonyl (C=O) groups excluding carboxylic acids is 1. The molecule has 29 heavy (non-hydrogen) atoms. The standard InChI is InChI=1S/C18H18FN5O4S/c19-12-1-2-13-15(11-12)29-18(21-13)23-9-7-22(8-10-23)6-5-20-17(25)14-3-4-16(28-14)24(26)27/h1-4,11H,5-10H2,(H,20,25). The van der Waals surface area contributed by atoms with E-state index in [1.807, 2.05) is 0 Å². The number of thiazole rings is 1. The summed E-state index contributed by atoms with van der Waals surface area (Å²) in [5, 5.41) is 14.2. The summed E-state index contributed by atoms with van der Waals surface area (Å²) in [5.74, 6) is -1.26. The van der Waals surface area contributed by atoms with Crippen molar-refractivity contribution in [2.45, 2.75) is 0 Å². The van der Waals surface area contributed by atoms with Gasteiger partial charge in [-0.05, 0) is 24.3 Å². The van der Waals surface area contributed by atoms with Crippen molar-refractivity contribution >= 4 is 38.5 Å². The normalized spacial score (nSPS) is 15.0. The maximum Gasteiger partial charge on any atom is 0.433 e. The number of benzene rings is 1. The van der Waals surface area contributed by atoms with E-state index in [1.165, 1.54) is 29.5 Å². The quantitative estimate of drug-likeness (QED) is 0.483. The summed E-state index contributed by atoms with van der Waals surface area (Å²) < 4.78 is 19.1. The Kier molecular flexibility index (Phi) is 5.41. The van der Waals surface area contributed by atoms with Gasteiger partial charge in [-0.3, -0.25) is 19.8 Å². The first-order chi connectivity index (χ1) is 14.0. The number of aromatic nitrogens is 1. The van der Waals surface area contributed by atoms with Crippen LogP contribution in [-0.4, -0.2) is 60.0 Å². The van der Waals surface area contributed by atoms with E-state index in [0.29, 0.717) is 13.1 Å². The van der Waals surface area contributed by atoms with E-state index < -0.39 is 16.7 Å². The lowest BCUT2D eigenvalue weighted by molar-refractivity contribution is -0.402. The molecule has 11 heteroatoms. The number of furan rings is 1. The second kappa shape index (κ2) is 8.13. The number of fused-ring (bicyclic) bond motifs is 1. The predicted octanol–water partition coefficient (Wildman–Crippen LogP) is 2.49. The first-order valence-corrected chi connectivity index (χ1v) is 9.87. The summed E-state index contributed by atoms with van der Waals surface area (Å²) in [6.45, 7) is 4.28. The molecule has 0 atom stereocenters. The molecule has 4 rings (SSSR count). The number of carbonyl (C=O) groups is 1. The number of hydrogen-bond donors (Lipinski definition) is 1. The third kappa shape index (κ3) is 4.35. The maximum absolute atomic E-state index is 13.4. The number of nitrogens with one attached hydrogen (secondary N) is 1. The minimum Gasteiger partial charge on any atom is -0.395 e. The van der Waals surface area contributed by atoms with Gasteiger partial charge in [0.05, 0.1) is 16.3 Å². The fourth-order valence-electron chi connectivity index (χ4n) is 3.15. The van der Waals surface area contributed by atoms with Crippen LogP contribution in [0.1, 0.15) is 10.6 Å². The van der Waals surface area contributed by atoms with Gasteiger partial charge in [0.25, 0.3) is 5.91 Å². The number of nitrogens with zero attached hydrogens (tertiary/aromatic N) is 4. The van der Waals surface area contributed by atoms with Gasteiger partial charge < -0.3 is 14.6 Å². The lowest BCUT2D eigenvalue weighted by Gasteiger charge is -2.34. The molecule has 0 unspecified atom stereocenters. The second-order valence-electron chi connectivity index (χ2n) is 6.59. The van der Waals surface area contributed by atoms with Gasteiger partial charge in [0, 0.05) is 39.3 Å². The molecule has 1 aliphatic heterocycles. The topological polar surface area (TPSA) is 105 Å². The van der Waals surface area contributed by atoms with Crippen LogP contribution in [0.2, 0.25) is 0 Å². The van der Waals surface area contributed by atoms with Gasteiger partial charge in [-0.15, -0.1) is 0 Å². The molecule has 2 aromatic heterocycles. The van der Waals surface area contributed by atoms with Crippen LogP contribution < -0.4 is 10.2 Å². The summed E-state index contributed by atoms with van der Waals surface area (Å²) in [5.41, 5.74) is 0.801. The Balaban J connectivity index is 1.24. The molecule has 152 valence electrons. The van der Waals surface area contributed by atoms with E-state index in [0.717, 1.165) is 47.6 Å². The number of amides is 1. The highest BCUT2D eigenvalue weighted by atomic mass is 32.1. The zero-order valence-electron chi connectivity index (χ0n) is 15.3. The Hall–Kier alpha value is -3.05. The van der Waals surface area contributed by atoms with Crippen molar-refractivity contribution in [2.75, 3.05) is 44.2 Å². The maximum atomic E-state index is 13.4. The highest BCUT2D eigenvalue weighted by molar-refractivity contribution is 7.22. The smallest absolute Gasteiger partial charge is 0.395 e. The lowest BCUT2D eigenvalue weighted by atomic mass is 10.3. The van der Waals surface area contributed by atoms with Gasteiger partial charge in [-0.2, -0.15) is 0 Å². The largest absolute Gasteiger partial charge is 0.433 e. The van der Waals surface area contributed by atoms with Gasteiger partial charge in [0.1, 0.15) is 10.7 Å². The number of anilines is 1. The molecule has 0 aliphatic carbocycles. The Morgan fingerprint density at radius 2 is 2.07 bits per heavy atom. The van der Waals surface area contributed by atoms with Crippen LogP contribution in [0.25, 0.3) is 10.2 Å². The number of nitro groups is 1. The van der Waals surface area contributed by atoms with Gasteiger partial charge in [-0.25, -0.2) is 9.37 Å². The van der Waals surface area contributed by atoms with Crippen molar-refractivity contribution in [2.24, 2.45) is 0 Å². The summed E-state index contributed by atoms with van der Waals surface area (Å²) in [4.78, 5) is 30.9. The predicted molar refractivity (Wildman–Crippen MR) is 106 cm³/mol. The van der Waals surface area contributed by atoms with E-state index in [4.69, 9.17) is 4.42 Å². The highest BCUT2D eigenvalue weighted by Gasteiger charge is 2.21.